The maximum atomic E-state index is 11.2. The van der Waals surface area contributed by atoms with Gasteiger partial charge >= 0.3 is 0 Å². The third-order valence-corrected chi connectivity index (χ3v) is 3.56. The van der Waals surface area contributed by atoms with Gasteiger partial charge in [-0.2, -0.15) is 8.42 Å². The summed E-state index contributed by atoms with van der Waals surface area (Å²) >= 11 is 3.30. The predicted molar refractivity (Wildman–Crippen MR) is 69.9 cm³/mol. The van der Waals surface area contributed by atoms with Gasteiger partial charge in [-0.1, -0.05) is 42.8 Å². The zero-order chi connectivity index (χ0) is 11.9. The highest BCUT2D eigenvalue weighted by Crippen LogP contribution is 2.34. The van der Waals surface area contributed by atoms with Crippen molar-refractivity contribution in [3.05, 3.63) is 28.2 Å². The summed E-state index contributed by atoms with van der Waals surface area (Å²) in [6.07, 6.45) is 0. The van der Waals surface area contributed by atoms with E-state index in [1.165, 1.54) is 6.07 Å². The summed E-state index contributed by atoms with van der Waals surface area (Å²) in [5.74, 6) is 0. The van der Waals surface area contributed by atoms with Gasteiger partial charge in [0.25, 0.3) is 10.1 Å². The average molecular weight is 330 g/mol. The molecule has 0 bridgehead atoms. The third-order valence-electron chi connectivity index (χ3n) is 2.00. The Labute approximate surface area is 111 Å². The van der Waals surface area contributed by atoms with Crippen LogP contribution < -0.4 is 0 Å². The van der Waals surface area contributed by atoms with Crippen molar-refractivity contribution in [1.29, 1.82) is 0 Å². The molecule has 0 saturated carbocycles. The number of benzene rings is 1. The molecule has 92 valence electrons. The standard InChI is InChI=1S/C10H13BrO3S.ClH/c1-10(2,3)9-7(11)5-4-6-8(9)15(12,13)14;/h4-6H,1-3H3,(H,12,13,14);1H. The molecule has 0 heterocycles. The second kappa shape index (κ2) is 5.04. The SMILES string of the molecule is CC(C)(C)c1c(Br)cccc1S(=O)(=O)O.Cl. The number of hydrogen-bond acceptors (Lipinski definition) is 2. The summed E-state index contributed by atoms with van der Waals surface area (Å²) in [5.41, 5.74) is 0.234. The second-order valence-electron chi connectivity index (χ2n) is 4.34. The summed E-state index contributed by atoms with van der Waals surface area (Å²) in [6, 6.07) is 4.75. The first-order valence-corrected chi connectivity index (χ1v) is 6.64. The van der Waals surface area contributed by atoms with Crippen LogP contribution in [0.3, 0.4) is 0 Å². The van der Waals surface area contributed by atoms with Crippen LogP contribution in [0.4, 0.5) is 0 Å². The van der Waals surface area contributed by atoms with Gasteiger partial charge < -0.3 is 0 Å². The van der Waals surface area contributed by atoms with E-state index >= 15 is 0 Å². The van der Waals surface area contributed by atoms with Crippen LogP contribution in [0.5, 0.6) is 0 Å². The fraction of sp³-hybridized carbons (Fsp3) is 0.400. The molecule has 3 nitrogen and oxygen atoms in total. The zero-order valence-electron chi connectivity index (χ0n) is 9.19. The van der Waals surface area contributed by atoms with Crippen LogP contribution in [0.25, 0.3) is 0 Å². The highest BCUT2D eigenvalue weighted by atomic mass is 79.9. The van der Waals surface area contributed by atoms with Crippen LogP contribution in [0.2, 0.25) is 0 Å². The Balaban J connectivity index is 0.00000225. The van der Waals surface area contributed by atoms with E-state index in [1.807, 2.05) is 20.8 Å². The van der Waals surface area contributed by atoms with Crippen LogP contribution in [0.1, 0.15) is 26.3 Å². The minimum absolute atomic E-state index is 0. The Morgan fingerprint density at radius 1 is 1.25 bits per heavy atom. The highest BCUT2D eigenvalue weighted by Gasteiger charge is 2.26. The molecule has 0 aliphatic carbocycles. The molecular formula is C10H14BrClO3S. The molecule has 0 aromatic heterocycles. The topological polar surface area (TPSA) is 54.4 Å². The molecule has 0 saturated heterocycles. The quantitative estimate of drug-likeness (QED) is 0.803. The van der Waals surface area contributed by atoms with Gasteiger partial charge in [-0.05, 0) is 23.1 Å². The number of hydrogen-bond donors (Lipinski definition) is 1. The maximum absolute atomic E-state index is 11.2. The molecule has 0 atom stereocenters. The van der Waals surface area contributed by atoms with Crippen molar-refractivity contribution >= 4 is 38.5 Å². The van der Waals surface area contributed by atoms with E-state index in [9.17, 15) is 8.42 Å². The smallest absolute Gasteiger partial charge is 0.282 e. The molecule has 0 radical (unpaired) electrons. The molecule has 1 aromatic rings. The Bertz CT molecular complexity index is 477. The fourth-order valence-corrected chi connectivity index (χ4v) is 3.46. The molecule has 6 heteroatoms. The van der Waals surface area contributed by atoms with Gasteiger partial charge in [0.2, 0.25) is 0 Å². The van der Waals surface area contributed by atoms with E-state index in [-0.39, 0.29) is 22.7 Å². The van der Waals surface area contributed by atoms with Gasteiger partial charge in [0, 0.05) is 4.47 Å². The van der Waals surface area contributed by atoms with Gasteiger partial charge in [-0.3, -0.25) is 4.55 Å². The van der Waals surface area contributed by atoms with Crippen molar-refractivity contribution in [2.45, 2.75) is 31.1 Å². The minimum atomic E-state index is -4.17. The molecule has 0 spiro atoms. The highest BCUT2D eigenvalue weighted by molar-refractivity contribution is 9.10. The van der Waals surface area contributed by atoms with E-state index in [4.69, 9.17) is 4.55 Å². The van der Waals surface area contributed by atoms with Crippen molar-refractivity contribution < 1.29 is 13.0 Å². The van der Waals surface area contributed by atoms with Gasteiger partial charge in [-0.25, -0.2) is 0 Å². The predicted octanol–water partition coefficient (Wildman–Crippen LogP) is 3.42. The van der Waals surface area contributed by atoms with Gasteiger partial charge in [0.1, 0.15) is 0 Å². The molecule has 1 aromatic carbocycles. The van der Waals surface area contributed by atoms with Crippen molar-refractivity contribution in [3.63, 3.8) is 0 Å². The molecule has 1 N–H and O–H groups in total. The lowest BCUT2D eigenvalue weighted by molar-refractivity contribution is 0.476. The summed E-state index contributed by atoms with van der Waals surface area (Å²) in [5, 5.41) is 0. The summed E-state index contributed by atoms with van der Waals surface area (Å²) < 4.78 is 32.2. The molecule has 0 aliphatic heterocycles. The lowest BCUT2D eigenvalue weighted by Gasteiger charge is -2.23. The fourth-order valence-electron chi connectivity index (χ4n) is 1.45. The van der Waals surface area contributed by atoms with Gasteiger partial charge in [0.05, 0.1) is 4.90 Å². The molecular weight excluding hydrogens is 316 g/mol. The van der Waals surface area contributed by atoms with Crippen LogP contribution in [-0.2, 0) is 15.5 Å². The van der Waals surface area contributed by atoms with Crippen molar-refractivity contribution in [2.75, 3.05) is 0 Å². The first-order chi connectivity index (χ1) is 6.64. The molecule has 0 amide bonds. The Kier molecular flexibility index (Phi) is 5.01. The monoisotopic (exact) mass is 328 g/mol. The first-order valence-electron chi connectivity index (χ1n) is 4.40. The van der Waals surface area contributed by atoms with Gasteiger partial charge in [-0.15, -0.1) is 12.4 Å². The van der Waals surface area contributed by atoms with Crippen molar-refractivity contribution in [1.82, 2.24) is 0 Å². The zero-order valence-corrected chi connectivity index (χ0v) is 12.4. The maximum Gasteiger partial charge on any atom is 0.294 e. The average Bonchev–Trinajstić information content (AvgIpc) is 1.99. The Hall–Kier alpha value is -0.100. The number of halogens is 2. The van der Waals surface area contributed by atoms with Crippen molar-refractivity contribution in [3.8, 4) is 0 Å². The van der Waals surface area contributed by atoms with E-state index in [1.54, 1.807) is 12.1 Å². The summed E-state index contributed by atoms with van der Waals surface area (Å²) in [7, 11) is -4.17. The normalized spacial score (nSPS) is 12.1. The van der Waals surface area contributed by atoms with E-state index < -0.39 is 10.1 Å². The van der Waals surface area contributed by atoms with Crippen LogP contribution in [0, 0.1) is 0 Å². The summed E-state index contributed by atoms with van der Waals surface area (Å²) in [6.45, 7) is 5.67. The van der Waals surface area contributed by atoms with Crippen LogP contribution in [-0.4, -0.2) is 13.0 Å². The second-order valence-corrected chi connectivity index (χ2v) is 6.58. The van der Waals surface area contributed by atoms with E-state index in [0.717, 1.165) is 0 Å². The molecule has 0 aliphatic rings. The van der Waals surface area contributed by atoms with E-state index in [0.29, 0.717) is 10.0 Å². The molecule has 0 unspecified atom stereocenters. The molecule has 0 fully saturated rings. The van der Waals surface area contributed by atoms with Crippen molar-refractivity contribution in [2.24, 2.45) is 0 Å². The van der Waals surface area contributed by atoms with Crippen LogP contribution >= 0.6 is 28.3 Å². The lowest BCUT2D eigenvalue weighted by atomic mass is 9.87. The molecule has 1 rings (SSSR count). The third kappa shape index (κ3) is 3.45. The number of rotatable bonds is 1. The minimum Gasteiger partial charge on any atom is -0.282 e. The Morgan fingerprint density at radius 2 is 1.75 bits per heavy atom. The first kappa shape index (κ1) is 15.9. The summed E-state index contributed by atoms with van der Waals surface area (Å²) in [4.78, 5) is -0.0376. The molecule has 16 heavy (non-hydrogen) atoms. The van der Waals surface area contributed by atoms with Crippen LogP contribution in [0.15, 0.2) is 27.6 Å². The largest absolute Gasteiger partial charge is 0.294 e. The van der Waals surface area contributed by atoms with E-state index in [2.05, 4.69) is 15.9 Å². The Morgan fingerprint density at radius 3 is 2.06 bits per heavy atom. The van der Waals surface area contributed by atoms with Gasteiger partial charge in [0.15, 0.2) is 0 Å². The lowest BCUT2D eigenvalue weighted by Crippen LogP contribution is -2.17.